The molecule has 0 radical (unpaired) electrons. The first-order valence-corrected chi connectivity index (χ1v) is 9.06. The number of carbonyl (C=O) groups is 1. The number of nitro benzene ring substituents is 1. The minimum Gasteiger partial charge on any atom is -0.493 e. The smallest absolute Gasteiger partial charge is 0.273 e. The van der Waals surface area contributed by atoms with E-state index in [9.17, 15) is 14.9 Å². The Morgan fingerprint density at radius 3 is 2.48 bits per heavy atom. The SMILES string of the molecule is COc1ccc(CCNC(=S)NNC(=O)c2ccc(C)c([N+](=O)[O-])c2)cc1OC. The van der Waals surface area contributed by atoms with Crippen LogP contribution in [0.5, 0.6) is 11.5 Å². The van der Waals surface area contributed by atoms with E-state index in [-0.39, 0.29) is 16.4 Å². The lowest BCUT2D eigenvalue weighted by Gasteiger charge is -2.13. The highest BCUT2D eigenvalue weighted by molar-refractivity contribution is 7.80. The monoisotopic (exact) mass is 418 g/mol. The summed E-state index contributed by atoms with van der Waals surface area (Å²) in [4.78, 5) is 22.6. The number of thiocarbonyl (C=S) groups is 1. The van der Waals surface area contributed by atoms with E-state index >= 15 is 0 Å². The normalized spacial score (nSPS) is 10.0. The van der Waals surface area contributed by atoms with Crippen LogP contribution in [-0.2, 0) is 6.42 Å². The van der Waals surface area contributed by atoms with Crippen molar-refractivity contribution in [2.45, 2.75) is 13.3 Å². The van der Waals surface area contributed by atoms with Crippen molar-refractivity contribution in [3.05, 3.63) is 63.2 Å². The molecule has 3 N–H and O–H groups in total. The fourth-order valence-corrected chi connectivity index (χ4v) is 2.69. The maximum absolute atomic E-state index is 12.2. The number of carbonyl (C=O) groups excluding carboxylic acids is 1. The molecule has 0 spiro atoms. The molecular formula is C19H22N4O5S. The number of rotatable bonds is 7. The van der Waals surface area contributed by atoms with Crippen LogP contribution in [0.4, 0.5) is 5.69 Å². The van der Waals surface area contributed by atoms with Crippen molar-refractivity contribution in [1.82, 2.24) is 16.2 Å². The van der Waals surface area contributed by atoms with Gasteiger partial charge in [-0.1, -0.05) is 12.1 Å². The number of aryl methyl sites for hydroxylation is 1. The number of hydrogen-bond acceptors (Lipinski definition) is 6. The first kappa shape index (κ1) is 21.9. The Kier molecular flexibility index (Phi) is 7.72. The van der Waals surface area contributed by atoms with Crippen molar-refractivity contribution in [1.29, 1.82) is 0 Å². The van der Waals surface area contributed by atoms with Gasteiger partial charge in [-0.05, 0) is 49.3 Å². The number of benzene rings is 2. The van der Waals surface area contributed by atoms with E-state index in [4.69, 9.17) is 21.7 Å². The lowest BCUT2D eigenvalue weighted by atomic mass is 10.1. The molecule has 0 aliphatic heterocycles. The fraction of sp³-hybridized carbons (Fsp3) is 0.263. The minimum absolute atomic E-state index is 0.117. The molecule has 1 amide bonds. The summed E-state index contributed by atoms with van der Waals surface area (Å²) < 4.78 is 10.5. The Labute approximate surface area is 173 Å². The van der Waals surface area contributed by atoms with Crippen LogP contribution in [-0.4, -0.2) is 36.7 Å². The van der Waals surface area contributed by atoms with Crippen LogP contribution in [0.2, 0.25) is 0 Å². The molecule has 154 valence electrons. The average molecular weight is 418 g/mol. The number of nitrogens with zero attached hydrogens (tertiary/aromatic N) is 1. The summed E-state index contributed by atoms with van der Waals surface area (Å²) in [5.74, 6) is 0.766. The zero-order valence-electron chi connectivity index (χ0n) is 16.3. The third-order valence-electron chi connectivity index (χ3n) is 4.10. The maximum Gasteiger partial charge on any atom is 0.273 e. The van der Waals surface area contributed by atoms with Crippen LogP contribution in [0.15, 0.2) is 36.4 Å². The molecule has 0 atom stereocenters. The molecule has 0 aromatic heterocycles. The summed E-state index contributed by atoms with van der Waals surface area (Å²) in [6.07, 6.45) is 0.667. The van der Waals surface area contributed by atoms with Gasteiger partial charge in [0.25, 0.3) is 11.6 Å². The molecule has 9 nitrogen and oxygen atoms in total. The minimum atomic E-state index is -0.530. The van der Waals surface area contributed by atoms with E-state index in [0.29, 0.717) is 30.0 Å². The van der Waals surface area contributed by atoms with Crippen molar-refractivity contribution in [2.24, 2.45) is 0 Å². The molecule has 0 fully saturated rings. The molecule has 2 rings (SSSR count). The van der Waals surface area contributed by atoms with Gasteiger partial charge in [0, 0.05) is 23.7 Å². The molecular weight excluding hydrogens is 396 g/mol. The zero-order chi connectivity index (χ0) is 21.4. The van der Waals surface area contributed by atoms with Crippen LogP contribution in [0.3, 0.4) is 0 Å². The number of hydrazine groups is 1. The van der Waals surface area contributed by atoms with Crippen molar-refractivity contribution in [3.8, 4) is 11.5 Å². The number of nitro groups is 1. The van der Waals surface area contributed by atoms with Gasteiger partial charge in [-0.25, -0.2) is 0 Å². The summed E-state index contributed by atoms with van der Waals surface area (Å²) in [6.45, 7) is 2.13. The predicted molar refractivity (Wildman–Crippen MR) is 112 cm³/mol. The Bertz CT molecular complexity index is 919. The highest BCUT2D eigenvalue weighted by Gasteiger charge is 2.15. The topological polar surface area (TPSA) is 115 Å². The van der Waals surface area contributed by atoms with Crippen molar-refractivity contribution >= 4 is 28.9 Å². The molecule has 0 saturated carbocycles. The van der Waals surface area contributed by atoms with Crippen LogP contribution >= 0.6 is 12.2 Å². The largest absolute Gasteiger partial charge is 0.493 e. The molecule has 2 aromatic rings. The molecule has 0 aliphatic carbocycles. The Morgan fingerprint density at radius 1 is 1.10 bits per heavy atom. The Hall–Kier alpha value is -3.40. The number of methoxy groups -OCH3 is 2. The summed E-state index contributed by atoms with van der Waals surface area (Å²) in [6, 6.07) is 9.87. The number of hydrogen-bond donors (Lipinski definition) is 3. The van der Waals surface area contributed by atoms with E-state index in [1.54, 1.807) is 21.1 Å². The van der Waals surface area contributed by atoms with Gasteiger partial charge in [0.2, 0.25) is 0 Å². The quantitative estimate of drug-likeness (QED) is 0.356. The Balaban J connectivity index is 1.82. The van der Waals surface area contributed by atoms with E-state index in [1.165, 1.54) is 18.2 Å². The van der Waals surface area contributed by atoms with Gasteiger partial charge in [-0.3, -0.25) is 25.8 Å². The van der Waals surface area contributed by atoms with Crippen molar-refractivity contribution in [3.63, 3.8) is 0 Å². The molecule has 0 heterocycles. The van der Waals surface area contributed by atoms with E-state index in [0.717, 1.165) is 5.56 Å². The van der Waals surface area contributed by atoms with Gasteiger partial charge in [-0.15, -0.1) is 0 Å². The lowest BCUT2D eigenvalue weighted by molar-refractivity contribution is -0.385. The van der Waals surface area contributed by atoms with Crippen LogP contribution in [0, 0.1) is 17.0 Å². The summed E-state index contributed by atoms with van der Waals surface area (Å²) in [5.41, 5.74) is 6.53. The molecule has 10 heteroatoms. The molecule has 29 heavy (non-hydrogen) atoms. The average Bonchev–Trinajstić information content (AvgIpc) is 2.71. The first-order chi connectivity index (χ1) is 13.8. The highest BCUT2D eigenvalue weighted by atomic mass is 32.1. The first-order valence-electron chi connectivity index (χ1n) is 8.65. The van der Waals surface area contributed by atoms with E-state index in [2.05, 4.69) is 16.2 Å². The van der Waals surface area contributed by atoms with Gasteiger partial charge >= 0.3 is 0 Å². The predicted octanol–water partition coefficient (Wildman–Crippen LogP) is 2.27. The number of amides is 1. The number of nitrogens with one attached hydrogen (secondary N) is 3. The molecule has 0 unspecified atom stereocenters. The lowest BCUT2D eigenvalue weighted by Crippen LogP contribution is -2.47. The summed E-state index contributed by atoms with van der Waals surface area (Å²) in [7, 11) is 3.15. The van der Waals surface area contributed by atoms with Gasteiger partial charge in [-0.2, -0.15) is 0 Å². The van der Waals surface area contributed by atoms with Gasteiger partial charge < -0.3 is 14.8 Å². The third kappa shape index (κ3) is 6.04. The second-order valence-electron chi connectivity index (χ2n) is 6.03. The Morgan fingerprint density at radius 2 is 1.83 bits per heavy atom. The van der Waals surface area contributed by atoms with Crippen molar-refractivity contribution < 1.29 is 19.2 Å². The molecule has 0 aliphatic rings. The second kappa shape index (κ2) is 10.2. The van der Waals surface area contributed by atoms with Crippen molar-refractivity contribution in [2.75, 3.05) is 20.8 Å². The number of ether oxygens (including phenoxy) is 2. The van der Waals surface area contributed by atoms with E-state index in [1.807, 2.05) is 18.2 Å². The second-order valence-corrected chi connectivity index (χ2v) is 6.44. The van der Waals surface area contributed by atoms with Crippen LogP contribution < -0.4 is 25.6 Å². The fourth-order valence-electron chi connectivity index (χ4n) is 2.53. The maximum atomic E-state index is 12.2. The third-order valence-corrected chi connectivity index (χ3v) is 4.35. The highest BCUT2D eigenvalue weighted by Crippen LogP contribution is 2.27. The summed E-state index contributed by atoms with van der Waals surface area (Å²) in [5, 5.41) is 14.2. The standard InChI is InChI=1S/C19H22N4O5S/c1-12-4-6-14(11-15(12)23(25)26)18(24)21-22-19(29)20-9-8-13-5-7-16(27-2)17(10-13)28-3/h4-7,10-11H,8-9H2,1-3H3,(H,21,24)(H2,20,22,29). The van der Waals surface area contributed by atoms with Crippen LogP contribution in [0.25, 0.3) is 0 Å². The van der Waals surface area contributed by atoms with Gasteiger partial charge in [0.1, 0.15) is 0 Å². The van der Waals surface area contributed by atoms with Crippen LogP contribution in [0.1, 0.15) is 21.5 Å². The van der Waals surface area contributed by atoms with Gasteiger partial charge in [0.05, 0.1) is 19.1 Å². The van der Waals surface area contributed by atoms with Gasteiger partial charge in [0.15, 0.2) is 16.6 Å². The summed E-state index contributed by atoms with van der Waals surface area (Å²) >= 11 is 5.12. The van der Waals surface area contributed by atoms with E-state index < -0.39 is 10.8 Å². The molecule has 0 bridgehead atoms. The molecule has 2 aromatic carbocycles. The zero-order valence-corrected chi connectivity index (χ0v) is 17.1. The molecule has 0 saturated heterocycles.